The number of amides is 1. The summed E-state index contributed by atoms with van der Waals surface area (Å²) in [4.78, 5) is 17.8. The van der Waals surface area contributed by atoms with Gasteiger partial charge in [0.1, 0.15) is 14.1 Å². The molecule has 1 aromatic rings. The Kier molecular flexibility index (Phi) is 4.20. The SMILES string of the molecule is C=C(C)C(=O)Nc1cc2sc3cc(=[N+](C)C)ccc-3nc2cc1C. The van der Waals surface area contributed by atoms with Gasteiger partial charge in [0.25, 0.3) is 5.91 Å². The number of rotatable bonds is 2. The van der Waals surface area contributed by atoms with Gasteiger partial charge in [-0.15, -0.1) is 11.3 Å². The van der Waals surface area contributed by atoms with Crippen molar-refractivity contribution in [3.63, 3.8) is 0 Å². The van der Waals surface area contributed by atoms with E-state index in [0.29, 0.717) is 5.57 Å². The van der Waals surface area contributed by atoms with Crippen molar-refractivity contribution in [1.29, 1.82) is 0 Å². The molecule has 0 saturated heterocycles. The number of anilines is 1. The third-order valence-corrected chi connectivity index (χ3v) is 4.96. The highest BCUT2D eigenvalue weighted by Crippen LogP contribution is 2.32. The predicted molar refractivity (Wildman–Crippen MR) is 102 cm³/mol. The number of nitrogens with zero attached hydrogens (tertiary/aromatic N) is 2. The van der Waals surface area contributed by atoms with Crippen LogP contribution in [0, 0.1) is 6.92 Å². The Labute approximate surface area is 145 Å². The summed E-state index contributed by atoms with van der Waals surface area (Å²) in [5.41, 5.74) is 4.20. The van der Waals surface area contributed by atoms with Crippen molar-refractivity contribution in [3.8, 4) is 10.6 Å². The van der Waals surface area contributed by atoms with E-state index in [1.165, 1.54) is 0 Å². The molecule has 1 heterocycles. The lowest BCUT2D eigenvalue weighted by atomic mass is 10.1. The van der Waals surface area contributed by atoms with E-state index in [0.717, 1.165) is 37.4 Å². The second kappa shape index (κ2) is 6.17. The molecule has 5 heteroatoms. The zero-order valence-corrected chi connectivity index (χ0v) is 15.1. The maximum Gasteiger partial charge on any atom is 0.250 e. The molecule has 0 radical (unpaired) electrons. The van der Waals surface area contributed by atoms with Gasteiger partial charge < -0.3 is 5.32 Å². The lowest BCUT2D eigenvalue weighted by Gasteiger charge is -2.11. The lowest BCUT2D eigenvalue weighted by Crippen LogP contribution is -2.21. The smallest absolute Gasteiger partial charge is 0.250 e. The van der Waals surface area contributed by atoms with Crippen molar-refractivity contribution in [2.45, 2.75) is 13.8 Å². The zero-order valence-electron chi connectivity index (χ0n) is 14.3. The highest BCUT2D eigenvalue weighted by Gasteiger charge is 2.12. The molecule has 2 aliphatic rings. The first-order chi connectivity index (χ1) is 11.3. The average molecular weight is 338 g/mol. The summed E-state index contributed by atoms with van der Waals surface area (Å²) in [6, 6.07) is 10.3. The number of benzene rings is 2. The molecule has 1 amide bonds. The van der Waals surface area contributed by atoms with Gasteiger partial charge in [0.15, 0.2) is 0 Å². The van der Waals surface area contributed by atoms with Crippen LogP contribution in [0.2, 0.25) is 0 Å². The van der Waals surface area contributed by atoms with Gasteiger partial charge in [-0.1, -0.05) is 6.58 Å². The third-order valence-electron chi connectivity index (χ3n) is 3.86. The number of aryl methyl sites for hydroxylation is 1. The van der Waals surface area contributed by atoms with Crippen LogP contribution >= 0.6 is 11.3 Å². The molecular formula is C19H20N3OS+. The Balaban J connectivity index is 2.19. The van der Waals surface area contributed by atoms with Crippen LogP contribution in [0.4, 0.5) is 5.69 Å². The molecule has 0 aromatic heterocycles. The largest absolute Gasteiger partial charge is 0.322 e. The summed E-state index contributed by atoms with van der Waals surface area (Å²) in [5.74, 6) is -0.161. The van der Waals surface area contributed by atoms with Gasteiger partial charge in [0.05, 0.1) is 20.8 Å². The van der Waals surface area contributed by atoms with Crippen molar-refractivity contribution >= 4 is 33.1 Å². The molecule has 1 aliphatic heterocycles. The average Bonchev–Trinajstić information content (AvgIpc) is 2.53. The summed E-state index contributed by atoms with van der Waals surface area (Å²) < 4.78 is 3.12. The Morgan fingerprint density at radius 3 is 2.67 bits per heavy atom. The van der Waals surface area contributed by atoms with Gasteiger partial charge in [-0.2, -0.15) is 0 Å². The van der Waals surface area contributed by atoms with E-state index in [4.69, 9.17) is 4.98 Å². The van der Waals surface area contributed by atoms with E-state index in [9.17, 15) is 4.79 Å². The van der Waals surface area contributed by atoms with E-state index in [-0.39, 0.29) is 5.91 Å². The fourth-order valence-electron chi connectivity index (χ4n) is 2.41. The Bertz CT molecular complexity index is 1010. The lowest BCUT2D eigenvalue weighted by molar-refractivity contribution is -0.112. The second-order valence-corrected chi connectivity index (χ2v) is 7.21. The minimum atomic E-state index is -0.161. The number of aromatic nitrogens is 1. The summed E-state index contributed by atoms with van der Waals surface area (Å²) in [6.07, 6.45) is 0. The number of carbonyl (C=O) groups is 1. The zero-order chi connectivity index (χ0) is 17.4. The quantitative estimate of drug-likeness (QED) is 0.443. The summed E-state index contributed by atoms with van der Waals surface area (Å²) >= 11 is 1.68. The Hall–Kier alpha value is -2.53. The van der Waals surface area contributed by atoms with Crippen molar-refractivity contribution in [2.75, 3.05) is 19.4 Å². The molecule has 24 heavy (non-hydrogen) atoms. The van der Waals surface area contributed by atoms with Crippen LogP contribution in [0.1, 0.15) is 12.5 Å². The van der Waals surface area contributed by atoms with Crippen LogP contribution in [0.25, 0.3) is 20.8 Å². The van der Waals surface area contributed by atoms with Gasteiger partial charge in [-0.3, -0.25) is 4.79 Å². The highest BCUT2D eigenvalue weighted by atomic mass is 32.1. The third kappa shape index (κ3) is 3.08. The topological polar surface area (TPSA) is 45.0 Å². The van der Waals surface area contributed by atoms with Gasteiger partial charge in [0, 0.05) is 23.4 Å². The molecule has 0 spiro atoms. The minimum Gasteiger partial charge on any atom is -0.322 e. The van der Waals surface area contributed by atoms with Crippen LogP contribution in [0.15, 0.2) is 42.5 Å². The Morgan fingerprint density at radius 2 is 2.00 bits per heavy atom. The molecule has 0 unspecified atom stereocenters. The fraction of sp³-hybridized carbons (Fsp3) is 0.211. The van der Waals surface area contributed by atoms with E-state index < -0.39 is 0 Å². The first-order valence-electron chi connectivity index (χ1n) is 7.67. The molecule has 4 nitrogen and oxygen atoms in total. The molecule has 0 atom stereocenters. The molecule has 1 aliphatic carbocycles. The van der Waals surface area contributed by atoms with Crippen LogP contribution in [-0.4, -0.2) is 25.0 Å². The van der Waals surface area contributed by atoms with E-state index in [1.54, 1.807) is 18.3 Å². The van der Waals surface area contributed by atoms with Crippen LogP contribution in [0.3, 0.4) is 0 Å². The second-order valence-electron chi connectivity index (χ2n) is 6.13. The number of nitrogens with one attached hydrogen (secondary N) is 1. The van der Waals surface area contributed by atoms with Gasteiger partial charge in [0.2, 0.25) is 5.36 Å². The standard InChI is InChI=1S/C19H19N3OS/c1-11(2)19(23)21-15-10-18-16(8-12(15)3)20-14-7-6-13(22(4)5)9-17(14)24-18/h6-10H,1H2,2-5H3/p+1. The highest BCUT2D eigenvalue weighted by molar-refractivity contribution is 7.21. The normalized spacial score (nSPS) is 10.8. The molecule has 122 valence electrons. The number of fused-ring (bicyclic) bond motifs is 2. The van der Waals surface area contributed by atoms with Crippen molar-refractivity contribution in [3.05, 3.63) is 53.4 Å². The predicted octanol–water partition coefficient (Wildman–Crippen LogP) is 3.26. The first-order valence-corrected chi connectivity index (χ1v) is 8.49. The fourth-order valence-corrected chi connectivity index (χ4v) is 3.43. The molecule has 0 saturated carbocycles. The number of hydrogen-bond acceptors (Lipinski definition) is 3. The molecule has 0 bridgehead atoms. The van der Waals surface area contributed by atoms with Crippen LogP contribution < -0.4 is 15.2 Å². The monoisotopic (exact) mass is 338 g/mol. The van der Waals surface area contributed by atoms with Gasteiger partial charge in [-0.05, 0) is 37.6 Å². The van der Waals surface area contributed by atoms with Crippen molar-refractivity contribution < 1.29 is 4.79 Å². The van der Waals surface area contributed by atoms with Gasteiger partial charge in [-0.25, -0.2) is 9.56 Å². The van der Waals surface area contributed by atoms with Crippen LogP contribution in [0.5, 0.6) is 0 Å². The number of carbonyl (C=O) groups excluding carboxylic acids is 1. The van der Waals surface area contributed by atoms with Gasteiger partial charge >= 0.3 is 0 Å². The van der Waals surface area contributed by atoms with E-state index in [2.05, 4.69) is 28.6 Å². The first kappa shape index (κ1) is 16.3. The van der Waals surface area contributed by atoms with E-state index >= 15 is 0 Å². The summed E-state index contributed by atoms with van der Waals surface area (Å²) in [6.45, 7) is 7.36. The van der Waals surface area contributed by atoms with Crippen LogP contribution in [-0.2, 0) is 4.79 Å². The summed E-state index contributed by atoms with van der Waals surface area (Å²) in [5, 5.41) is 4.05. The Morgan fingerprint density at radius 1 is 1.25 bits per heavy atom. The molecule has 1 aromatic carbocycles. The maximum absolute atomic E-state index is 11.9. The minimum absolute atomic E-state index is 0.161. The molecule has 0 fully saturated rings. The van der Waals surface area contributed by atoms with E-state index in [1.807, 2.05) is 39.2 Å². The summed E-state index contributed by atoms with van der Waals surface area (Å²) in [7, 11) is 4.05. The molecule has 1 N–H and O–H groups in total. The molecule has 3 rings (SSSR count). The van der Waals surface area contributed by atoms with Crippen molar-refractivity contribution in [2.24, 2.45) is 0 Å². The van der Waals surface area contributed by atoms with Crippen molar-refractivity contribution in [1.82, 2.24) is 9.56 Å². The number of hydrogen-bond donors (Lipinski definition) is 1. The maximum atomic E-state index is 11.9. The molecular weight excluding hydrogens is 318 g/mol.